The van der Waals surface area contributed by atoms with Gasteiger partial charge in [-0.05, 0) is 31.2 Å². The summed E-state index contributed by atoms with van der Waals surface area (Å²) in [6.45, 7) is 2.56. The molecule has 0 saturated heterocycles. The topological polar surface area (TPSA) is 85.5 Å². The number of aromatic nitrogens is 2. The summed E-state index contributed by atoms with van der Waals surface area (Å²) in [6.07, 6.45) is 1.12. The maximum atomic E-state index is 11.3. The van der Waals surface area contributed by atoms with Gasteiger partial charge in [0.15, 0.2) is 0 Å². The van der Waals surface area contributed by atoms with Gasteiger partial charge in [0.05, 0.1) is 19.4 Å². The predicted molar refractivity (Wildman–Crippen MR) is 77.2 cm³/mol. The van der Waals surface area contributed by atoms with Crippen molar-refractivity contribution in [3.05, 3.63) is 30.2 Å². The Kier molecular flexibility index (Phi) is 4.59. The molecule has 0 fully saturated rings. The van der Waals surface area contributed by atoms with Crippen LogP contribution in [0.5, 0.6) is 5.75 Å². The van der Waals surface area contributed by atoms with Crippen molar-refractivity contribution in [1.82, 2.24) is 14.4 Å². The van der Waals surface area contributed by atoms with Crippen LogP contribution in [0, 0.1) is 0 Å². The lowest BCUT2D eigenvalue weighted by Crippen LogP contribution is -2.25. The first kappa shape index (κ1) is 15.5. The van der Waals surface area contributed by atoms with Crippen LogP contribution in [0.1, 0.15) is 12.8 Å². The van der Waals surface area contributed by atoms with Crippen LogP contribution in [-0.2, 0) is 16.6 Å². The van der Waals surface area contributed by atoms with Crippen LogP contribution in [0.2, 0.25) is 0 Å². The Labute approximate surface area is 123 Å². The molecule has 1 aromatic carbocycles. The first-order valence-corrected chi connectivity index (χ1v) is 8.22. The molecular weight excluding hydrogens is 294 g/mol. The van der Waals surface area contributed by atoms with E-state index in [2.05, 4.69) is 10.1 Å². The Morgan fingerprint density at radius 1 is 1.29 bits per heavy atom. The molecule has 0 aliphatic heterocycles. The maximum Gasteiger partial charge on any atom is 0.242 e. The molecule has 2 rings (SSSR count). The molecule has 7 nitrogen and oxygen atoms in total. The summed E-state index contributed by atoms with van der Waals surface area (Å²) in [4.78, 5) is 4.18. The second-order valence-corrected chi connectivity index (χ2v) is 6.58. The molecule has 8 heteroatoms. The summed E-state index contributed by atoms with van der Waals surface area (Å²) in [5, 5.41) is 3.85. The molecule has 0 amide bonds. The van der Waals surface area contributed by atoms with E-state index in [0.717, 1.165) is 21.9 Å². The third kappa shape index (κ3) is 4.02. The molecule has 0 N–H and O–H groups in total. The van der Waals surface area contributed by atoms with Crippen molar-refractivity contribution < 1.29 is 17.7 Å². The summed E-state index contributed by atoms with van der Waals surface area (Å²) in [7, 11) is -1.82. The molecule has 2 aromatic rings. The van der Waals surface area contributed by atoms with Crippen molar-refractivity contribution in [1.29, 1.82) is 0 Å². The Balaban J connectivity index is 2.12. The predicted octanol–water partition coefficient (Wildman–Crippen LogP) is 1.53. The second kappa shape index (κ2) is 6.23. The van der Waals surface area contributed by atoms with Crippen molar-refractivity contribution >= 4 is 10.0 Å². The minimum Gasteiger partial charge on any atom is -0.494 e. The van der Waals surface area contributed by atoms with Crippen LogP contribution in [0.25, 0.3) is 11.4 Å². The number of hydrogen-bond acceptors (Lipinski definition) is 6. The van der Waals surface area contributed by atoms with Gasteiger partial charge in [0.1, 0.15) is 5.75 Å². The van der Waals surface area contributed by atoms with Crippen LogP contribution in [0.4, 0.5) is 0 Å². The van der Waals surface area contributed by atoms with E-state index in [9.17, 15) is 8.42 Å². The molecule has 0 spiro atoms. The minimum atomic E-state index is -3.28. The van der Waals surface area contributed by atoms with E-state index in [1.54, 1.807) is 0 Å². The Morgan fingerprint density at radius 2 is 1.95 bits per heavy atom. The van der Waals surface area contributed by atoms with Gasteiger partial charge in [-0.1, -0.05) is 5.16 Å². The third-order valence-electron chi connectivity index (χ3n) is 2.82. The van der Waals surface area contributed by atoms with Gasteiger partial charge in [-0.25, -0.2) is 8.42 Å². The van der Waals surface area contributed by atoms with Crippen molar-refractivity contribution in [2.45, 2.75) is 13.5 Å². The molecule has 1 heterocycles. The number of benzene rings is 1. The van der Waals surface area contributed by atoms with E-state index < -0.39 is 10.0 Å². The molecule has 0 atom stereocenters. The van der Waals surface area contributed by atoms with E-state index in [4.69, 9.17) is 9.26 Å². The van der Waals surface area contributed by atoms with Gasteiger partial charge in [0.25, 0.3) is 0 Å². The number of sulfonamides is 1. The zero-order valence-electron chi connectivity index (χ0n) is 12.1. The lowest BCUT2D eigenvalue weighted by molar-refractivity contribution is 0.337. The molecule has 0 aliphatic carbocycles. The molecule has 1 aromatic heterocycles. The average Bonchev–Trinajstić information content (AvgIpc) is 2.87. The largest absolute Gasteiger partial charge is 0.494 e. The molecule has 21 heavy (non-hydrogen) atoms. The lowest BCUT2D eigenvalue weighted by atomic mass is 10.2. The number of ether oxygens (including phenoxy) is 1. The Morgan fingerprint density at radius 3 is 2.52 bits per heavy atom. The maximum absolute atomic E-state index is 11.3. The summed E-state index contributed by atoms with van der Waals surface area (Å²) < 4.78 is 34.2. The zero-order valence-corrected chi connectivity index (χ0v) is 12.9. The van der Waals surface area contributed by atoms with E-state index in [1.165, 1.54) is 7.05 Å². The van der Waals surface area contributed by atoms with Crippen LogP contribution in [0.15, 0.2) is 28.8 Å². The number of nitrogens with zero attached hydrogens (tertiary/aromatic N) is 3. The fourth-order valence-corrected chi connectivity index (χ4v) is 1.96. The first-order chi connectivity index (χ1) is 9.90. The summed E-state index contributed by atoms with van der Waals surface area (Å²) in [5.41, 5.74) is 0.774. The van der Waals surface area contributed by atoms with Gasteiger partial charge >= 0.3 is 0 Å². The highest BCUT2D eigenvalue weighted by atomic mass is 32.2. The van der Waals surface area contributed by atoms with Crippen molar-refractivity contribution in [3.8, 4) is 17.1 Å². The summed E-state index contributed by atoms with van der Waals surface area (Å²) in [5.74, 6) is 1.42. The van der Waals surface area contributed by atoms with E-state index in [0.29, 0.717) is 12.4 Å². The normalized spacial score (nSPS) is 11.8. The van der Waals surface area contributed by atoms with E-state index >= 15 is 0 Å². The van der Waals surface area contributed by atoms with Gasteiger partial charge in [0.2, 0.25) is 21.7 Å². The summed E-state index contributed by atoms with van der Waals surface area (Å²) >= 11 is 0. The highest BCUT2D eigenvalue weighted by molar-refractivity contribution is 7.88. The monoisotopic (exact) mass is 311 g/mol. The molecule has 0 aliphatic rings. The quantitative estimate of drug-likeness (QED) is 0.804. The highest BCUT2D eigenvalue weighted by Gasteiger charge is 2.16. The van der Waals surface area contributed by atoms with Crippen LogP contribution in [0.3, 0.4) is 0 Å². The Bertz CT molecular complexity index is 694. The standard InChI is InChI=1S/C13H17N3O4S/c1-4-19-11-7-5-10(6-8-11)13-14-12(20-15-13)9-16(2)21(3,17)18/h5-8H,4,9H2,1-3H3. The minimum absolute atomic E-state index is 0.0445. The van der Waals surface area contributed by atoms with Crippen LogP contribution in [-0.4, -0.2) is 42.8 Å². The van der Waals surface area contributed by atoms with Crippen molar-refractivity contribution in [2.24, 2.45) is 0 Å². The van der Waals surface area contributed by atoms with E-state index in [1.807, 2.05) is 31.2 Å². The molecule has 0 radical (unpaired) electrons. The van der Waals surface area contributed by atoms with Crippen LogP contribution < -0.4 is 4.74 Å². The fraction of sp³-hybridized carbons (Fsp3) is 0.385. The zero-order chi connectivity index (χ0) is 15.5. The third-order valence-corrected chi connectivity index (χ3v) is 4.08. The summed E-state index contributed by atoms with van der Waals surface area (Å²) in [6, 6.07) is 7.27. The SMILES string of the molecule is CCOc1ccc(-c2noc(CN(C)S(C)(=O)=O)n2)cc1. The number of rotatable bonds is 6. The molecular formula is C13H17N3O4S. The van der Waals surface area contributed by atoms with Gasteiger partial charge in [-0.3, -0.25) is 0 Å². The Hall–Kier alpha value is -1.93. The highest BCUT2D eigenvalue weighted by Crippen LogP contribution is 2.20. The first-order valence-electron chi connectivity index (χ1n) is 6.37. The smallest absolute Gasteiger partial charge is 0.242 e. The van der Waals surface area contributed by atoms with Crippen molar-refractivity contribution in [2.75, 3.05) is 19.9 Å². The lowest BCUT2D eigenvalue weighted by Gasteiger charge is -2.09. The molecule has 0 saturated carbocycles. The van der Waals surface area contributed by atoms with Gasteiger partial charge in [-0.15, -0.1) is 0 Å². The number of hydrogen-bond donors (Lipinski definition) is 0. The van der Waals surface area contributed by atoms with Gasteiger partial charge in [0, 0.05) is 12.6 Å². The van der Waals surface area contributed by atoms with Gasteiger partial charge in [-0.2, -0.15) is 9.29 Å². The fourth-order valence-electron chi connectivity index (χ4n) is 1.61. The second-order valence-electron chi connectivity index (χ2n) is 4.49. The molecule has 0 unspecified atom stereocenters. The van der Waals surface area contributed by atoms with E-state index in [-0.39, 0.29) is 12.4 Å². The molecule has 0 bridgehead atoms. The average molecular weight is 311 g/mol. The van der Waals surface area contributed by atoms with Gasteiger partial charge < -0.3 is 9.26 Å². The van der Waals surface area contributed by atoms with Crippen LogP contribution >= 0.6 is 0 Å². The molecule has 114 valence electrons. The van der Waals surface area contributed by atoms with Crippen molar-refractivity contribution in [3.63, 3.8) is 0 Å².